The number of carbonyl (C=O) groups excluding carboxylic acids is 1. The predicted octanol–water partition coefficient (Wildman–Crippen LogP) is 5.82. The Hall–Kier alpha value is -3.45. The molecule has 1 aromatic carbocycles. The number of benzene rings is 1. The van der Waals surface area contributed by atoms with Gasteiger partial charge < -0.3 is 4.74 Å². The summed E-state index contributed by atoms with van der Waals surface area (Å²) in [6.45, 7) is 1.84. The highest BCUT2D eigenvalue weighted by Gasteiger charge is 2.33. The molecule has 38 heavy (non-hydrogen) atoms. The number of hydrogen-bond donors (Lipinski definition) is 2. The lowest BCUT2D eigenvalue weighted by atomic mass is 10.1. The van der Waals surface area contributed by atoms with Gasteiger partial charge in [0, 0.05) is 17.8 Å². The van der Waals surface area contributed by atoms with E-state index in [2.05, 4.69) is 16.9 Å². The van der Waals surface area contributed by atoms with Crippen LogP contribution >= 0.6 is 0 Å². The van der Waals surface area contributed by atoms with E-state index in [1.165, 1.54) is 17.9 Å². The number of fused-ring (bicyclic) bond motifs is 1. The summed E-state index contributed by atoms with van der Waals surface area (Å²) < 4.78 is 73.5. The molecular formula is C25H29F3N4O5S. The van der Waals surface area contributed by atoms with E-state index >= 15 is 0 Å². The van der Waals surface area contributed by atoms with Crippen LogP contribution in [0.15, 0.2) is 48.9 Å². The number of aromatic nitrogens is 2. The van der Waals surface area contributed by atoms with Crippen molar-refractivity contribution in [3.63, 3.8) is 0 Å². The molecule has 0 fully saturated rings. The van der Waals surface area contributed by atoms with E-state index in [1.807, 2.05) is 0 Å². The van der Waals surface area contributed by atoms with Gasteiger partial charge in [-0.2, -0.15) is 13.2 Å². The summed E-state index contributed by atoms with van der Waals surface area (Å²) in [5.41, 5.74) is 0.475. The zero-order valence-corrected chi connectivity index (χ0v) is 21.6. The molecule has 9 nitrogen and oxygen atoms in total. The Labute approximate surface area is 218 Å². The van der Waals surface area contributed by atoms with Crippen LogP contribution in [0, 0.1) is 0 Å². The molecule has 2 aromatic heterocycles. The Morgan fingerprint density at radius 3 is 2.50 bits per heavy atom. The van der Waals surface area contributed by atoms with Gasteiger partial charge in [0.1, 0.15) is 5.69 Å². The zero-order chi connectivity index (χ0) is 27.8. The molecule has 0 aliphatic heterocycles. The van der Waals surface area contributed by atoms with Crippen LogP contribution in [0.5, 0.6) is 5.75 Å². The molecule has 0 saturated heterocycles. The van der Waals surface area contributed by atoms with Gasteiger partial charge in [-0.15, -0.1) is 0 Å². The number of unbranched alkanes of at least 4 members (excludes halogenated alkanes) is 5. The monoisotopic (exact) mass is 554 g/mol. The number of halogens is 3. The Balaban J connectivity index is 2.13. The van der Waals surface area contributed by atoms with Gasteiger partial charge in [-0.3, -0.25) is 19.5 Å². The van der Waals surface area contributed by atoms with Crippen molar-refractivity contribution < 1.29 is 36.3 Å². The van der Waals surface area contributed by atoms with Crippen LogP contribution in [-0.4, -0.2) is 35.4 Å². The molecule has 1 amide bonds. The number of amides is 1. The van der Waals surface area contributed by atoms with Crippen molar-refractivity contribution in [2.75, 3.05) is 10.1 Å². The van der Waals surface area contributed by atoms with E-state index in [1.54, 1.807) is 12.1 Å². The van der Waals surface area contributed by atoms with Crippen LogP contribution in [0.2, 0.25) is 0 Å². The lowest BCUT2D eigenvalue weighted by Crippen LogP contribution is -2.34. The number of rotatable bonds is 12. The van der Waals surface area contributed by atoms with Crippen molar-refractivity contribution in [3.05, 3.63) is 60.0 Å². The van der Waals surface area contributed by atoms with E-state index in [-0.39, 0.29) is 34.6 Å². The number of pyridine rings is 2. The molecule has 2 heterocycles. The second-order valence-electron chi connectivity index (χ2n) is 8.65. The van der Waals surface area contributed by atoms with Crippen LogP contribution in [0.3, 0.4) is 0 Å². The molecule has 3 aromatic rings. The third kappa shape index (κ3) is 7.54. The number of alkyl halides is 3. The minimum Gasteiger partial charge on any atom is -0.405 e. The van der Waals surface area contributed by atoms with Gasteiger partial charge in [-0.05, 0) is 36.2 Å². The number of anilines is 1. The van der Waals surface area contributed by atoms with Crippen LogP contribution in [0.1, 0.15) is 56.6 Å². The third-order valence-electron chi connectivity index (χ3n) is 5.82. The molecule has 0 atom stereocenters. The van der Waals surface area contributed by atoms with Gasteiger partial charge in [0.05, 0.1) is 29.6 Å². The third-order valence-corrected chi connectivity index (χ3v) is 7.61. The predicted molar refractivity (Wildman–Crippen MR) is 135 cm³/mol. The minimum absolute atomic E-state index is 0.0108. The normalized spacial score (nSPS) is 11.9. The van der Waals surface area contributed by atoms with Gasteiger partial charge in [-0.25, -0.2) is 18.7 Å². The highest BCUT2D eigenvalue weighted by molar-refractivity contribution is 7.92. The van der Waals surface area contributed by atoms with E-state index in [9.17, 15) is 26.4 Å². The van der Waals surface area contributed by atoms with Crippen molar-refractivity contribution >= 4 is 32.7 Å². The van der Waals surface area contributed by atoms with Crippen LogP contribution < -0.4 is 14.5 Å². The summed E-state index contributed by atoms with van der Waals surface area (Å²) in [4.78, 5) is 19.8. The number of nitrogens with one attached hydrogen (secondary N) is 1. The fourth-order valence-electron chi connectivity index (χ4n) is 3.94. The quantitative estimate of drug-likeness (QED) is 0.164. The lowest BCUT2D eigenvalue weighted by Gasteiger charge is -2.27. The Morgan fingerprint density at radius 1 is 1.11 bits per heavy atom. The minimum atomic E-state index is -4.65. The number of carbonyl (C=O) groups is 1. The van der Waals surface area contributed by atoms with E-state index < -0.39 is 27.9 Å². The Kier molecular flexibility index (Phi) is 9.86. The molecule has 0 aliphatic rings. The highest BCUT2D eigenvalue weighted by Crippen LogP contribution is 2.40. The Bertz CT molecular complexity index is 1340. The first-order chi connectivity index (χ1) is 18.1. The molecule has 3 rings (SSSR count). The zero-order valence-electron chi connectivity index (χ0n) is 20.7. The highest BCUT2D eigenvalue weighted by atomic mass is 32.2. The fraction of sp³-hybridized carbons (Fsp3) is 0.400. The first kappa shape index (κ1) is 29.1. The van der Waals surface area contributed by atoms with Crippen molar-refractivity contribution in [1.29, 1.82) is 0 Å². The summed E-state index contributed by atoms with van der Waals surface area (Å²) >= 11 is 0. The standard InChI is InChI=1S/C25H29F3N4O5S/c1-2-3-4-5-6-7-13-38(35,36)32(17-18-9-8-12-29-15-18)23-20-11-10-19(25(26,27)28)14-21(20)30-16-22(23)37-24(33)31-34/h8-12,14-16,34H,2-7,13,17H2,1H3,(H,31,33). The second kappa shape index (κ2) is 12.9. The van der Waals surface area contributed by atoms with Gasteiger partial charge in [0.2, 0.25) is 10.0 Å². The van der Waals surface area contributed by atoms with Crippen molar-refractivity contribution in [2.24, 2.45) is 0 Å². The van der Waals surface area contributed by atoms with Crippen molar-refractivity contribution in [3.8, 4) is 5.75 Å². The van der Waals surface area contributed by atoms with Crippen molar-refractivity contribution in [1.82, 2.24) is 15.4 Å². The van der Waals surface area contributed by atoms with Crippen LogP contribution in [-0.2, 0) is 22.7 Å². The van der Waals surface area contributed by atoms with Gasteiger partial charge in [0.25, 0.3) is 0 Å². The SMILES string of the molecule is CCCCCCCCS(=O)(=O)N(Cc1cccnc1)c1c(OC(=O)NO)cnc2cc(C(F)(F)F)ccc12. The number of nitrogens with zero attached hydrogens (tertiary/aromatic N) is 3. The first-order valence-corrected chi connectivity index (χ1v) is 13.7. The maximum absolute atomic E-state index is 13.7. The van der Waals surface area contributed by atoms with Crippen LogP contribution in [0.25, 0.3) is 10.9 Å². The molecule has 0 bridgehead atoms. The smallest absolute Gasteiger partial charge is 0.405 e. The van der Waals surface area contributed by atoms with E-state index in [0.29, 0.717) is 18.4 Å². The molecule has 0 aliphatic carbocycles. The maximum atomic E-state index is 13.7. The average Bonchev–Trinajstić information content (AvgIpc) is 2.89. The largest absolute Gasteiger partial charge is 0.436 e. The molecule has 0 radical (unpaired) electrons. The molecular weight excluding hydrogens is 525 g/mol. The van der Waals surface area contributed by atoms with Crippen LogP contribution in [0.4, 0.5) is 23.7 Å². The van der Waals surface area contributed by atoms with E-state index in [4.69, 9.17) is 9.94 Å². The molecule has 0 spiro atoms. The van der Waals surface area contributed by atoms with Gasteiger partial charge >= 0.3 is 12.3 Å². The molecule has 0 unspecified atom stereocenters. The topological polar surface area (TPSA) is 122 Å². The number of sulfonamides is 1. The summed E-state index contributed by atoms with van der Waals surface area (Å²) in [7, 11) is -4.08. The second-order valence-corrected chi connectivity index (χ2v) is 10.7. The first-order valence-electron chi connectivity index (χ1n) is 12.1. The summed E-state index contributed by atoms with van der Waals surface area (Å²) in [5, 5.41) is 8.97. The molecule has 13 heteroatoms. The summed E-state index contributed by atoms with van der Waals surface area (Å²) in [5.74, 6) is -0.602. The Morgan fingerprint density at radius 2 is 1.84 bits per heavy atom. The number of hydrogen-bond acceptors (Lipinski definition) is 7. The van der Waals surface area contributed by atoms with Gasteiger partial charge in [-0.1, -0.05) is 45.1 Å². The lowest BCUT2D eigenvalue weighted by molar-refractivity contribution is -0.137. The molecule has 2 N–H and O–H groups in total. The average molecular weight is 555 g/mol. The summed E-state index contributed by atoms with van der Waals surface area (Å²) in [6, 6.07) is 5.93. The summed E-state index contributed by atoms with van der Waals surface area (Å²) in [6.07, 6.45) is 2.95. The molecule has 0 saturated carbocycles. The van der Waals surface area contributed by atoms with Crippen molar-refractivity contribution in [2.45, 2.75) is 58.2 Å². The fourth-order valence-corrected chi connectivity index (χ4v) is 5.54. The van der Waals surface area contributed by atoms with E-state index in [0.717, 1.165) is 54.4 Å². The number of hydroxylamine groups is 1. The van der Waals surface area contributed by atoms with Gasteiger partial charge in [0.15, 0.2) is 5.75 Å². The maximum Gasteiger partial charge on any atom is 0.436 e. The molecule has 206 valence electrons. The number of ether oxygens (including phenoxy) is 1.